The number of rotatable bonds is 24. The first-order valence-electron chi connectivity index (χ1n) is 11.8. The van der Waals surface area contributed by atoms with Crippen molar-refractivity contribution < 1.29 is 28.5 Å². The van der Waals surface area contributed by atoms with Crippen molar-refractivity contribution in [3.63, 3.8) is 0 Å². The van der Waals surface area contributed by atoms with Gasteiger partial charge in [0.15, 0.2) is 0 Å². The molecule has 0 N–H and O–H groups in total. The third kappa shape index (κ3) is 25.3. The second-order valence-electron chi connectivity index (χ2n) is 7.25. The van der Waals surface area contributed by atoms with E-state index in [1.165, 1.54) is 38.5 Å². The molecule has 0 amide bonds. The van der Waals surface area contributed by atoms with Gasteiger partial charge in [-0.1, -0.05) is 58.8 Å². The van der Waals surface area contributed by atoms with Crippen LogP contribution in [0.2, 0.25) is 0 Å². The summed E-state index contributed by atoms with van der Waals surface area (Å²) in [5.41, 5.74) is 0. The van der Waals surface area contributed by atoms with Crippen molar-refractivity contribution in [2.75, 3.05) is 59.5 Å². The fourth-order valence-electron chi connectivity index (χ4n) is 2.64. The first kappa shape index (κ1) is 28.3. The van der Waals surface area contributed by atoms with Crippen LogP contribution in [-0.2, 0) is 28.5 Å². The highest BCUT2D eigenvalue weighted by Gasteiger charge is 2.02. The van der Waals surface area contributed by atoms with Gasteiger partial charge in [-0.25, -0.2) is 0 Å². The highest BCUT2D eigenvalue weighted by atomic mass is 16.6. The predicted molar refractivity (Wildman–Crippen MR) is 116 cm³/mol. The van der Waals surface area contributed by atoms with Crippen molar-refractivity contribution in [1.82, 2.24) is 0 Å². The zero-order valence-corrected chi connectivity index (χ0v) is 19.1. The van der Waals surface area contributed by atoms with Gasteiger partial charge in [0, 0.05) is 19.6 Å². The van der Waals surface area contributed by atoms with Gasteiger partial charge in [0.25, 0.3) is 0 Å². The lowest BCUT2D eigenvalue weighted by Gasteiger charge is -2.08. The zero-order chi connectivity index (χ0) is 21.3. The van der Waals surface area contributed by atoms with Crippen LogP contribution in [0.5, 0.6) is 0 Å². The van der Waals surface area contributed by atoms with Crippen LogP contribution < -0.4 is 0 Å². The molecule has 6 nitrogen and oxygen atoms in total. The van der Waals surface area contributed by atoms with E-state index in [-0.39, 0.29) is 5.97 Å². The minimum absolute atomic E-state index is 0.137. The largest absolute Gasteiger partial charge is 0.466 e. The molecular weight excluding hydrogens is 372 g/mol. The lowest BCUT2D eigenvalue weighted by atomic mass is 10.1. The van der Waals surface area contributed by atoms with Crippen molar-refractivity contribution in [3.05, 3.63) is 0 Å². The Bertz CT molecular complexity index is 324. The summed E-state index contributed by atoms with van der Waals surface area (Å²) >= 11 is 0. The number of ether oxygens (including phenoxy) is 5. The van der Waals surface area contributed by atoms with Crippen LogP contribution in [0.4, 0.5) is 0 Å². The Balaban J connectivity index is 3.06. The molecule has 0 saturated heterocycles. The summed E-state index contributed by atoms with van der Waals surface area (Å²) < 4.78 is 27.0. The molecule has 0 aromatic heterocycles. The summed E-state index contributed by atoms with van der Waals surface area (Å²) in [7, 11) is 0. The van der Waals surface area contributed by atoms with Gasteiger partial charge < -0.3 is 23.7 Å². The van der Waals surface area contributed by atoms with Crippen molar-refractivity contribution in [2.45, 2.75) is 84.5 Å². The van der Waals surface area contributed by atoms with Crippen LogP contribution in [-0.4, -0.2) is 65.4 Å². The van der Waals surface area contributed by atoms with Gasteiger partial charge >= 0.3 is 5.97 Å². The molecule has 0 heterocycles. The minimum atomic E-state index is -0.137. The van der Waals surface area contributed by atoms with Crippen LogP contribution >= 0.6 is 0 Å². The molecule has 0 aromatic carbocycles. The van der Waals surface area contributed by atoms with E-state index in [0.29, 0.717) is 65.7 Å². The van der Waals surface area contributed by atoms with E-state index in [4.69, 9.17) is 23.7 Å². The highest BCUT2D eigenvalue weighted by molar-refractivity contribution is 5.69. The van der Waals surface area contributed by atoms with Gasteiger partial charge in [0.1, 0.15) is 0 Å². The number of hydrogen-bond acceptors (Lipinski definition) is 6. The monoisotopic (exact) mass is 418 g/mol. The molecule has 0 aliphatic carbocycles. The molecule has 29 heavy (non-hydrogen) atoms. The first-order chi connectivity index (χ1) is 14.3. The second kappa shape index (κ2) is 25.3. The van der Waals surface area contributed by atoms with Gasteiger partial charge in [-0.05, 0) is 19.3 Å². The maximum absolute atomic E-state index is 11.4. The Morgan fingerprint density at radius 1 is 0.483 bits per heavy atom. The summed E-state index contributed by atoms with van der Waals surface area (Å²) in [5, 5.41) is 0. The molecule has 0 unspecified atom stereocenters. The SMILES string of the molecule is CCCCCCCCCOCCOCCOCCOCCCC(=O)OCCCC. The lowest BCUT2D eigenvalue weighted by molar-refractivity contribution is -0.144. The standard InChI is InChI=1S/C23H46O6/c1-3-5-7-8-9-10-11-14-25-17-19-27-21-22-28-20-18-26-15-12-13-23(24)29-16-6-4-2/h3-22H2,1-2H3. The van der Waals surface area contributed by atoms with Crippen LogP contribution in [0.1, 0.15) is 84.5 Å². The Morgan fingerprint density at radius 3 is 1.48 bits per heavy atom. The average Bonchev–Trinajstić information content (AvgIpc) is 2.72. The molecule has 0 rings (SSSR count). The molecule has 0 atom stereocenters. The van der Waals surface area contributed by atoms with E-state index in [2.05, 4.69) is 13.8 Å². The van der Waals surface area contributed by atoms with Crippen LogP contribution in [0.15, 0.2) is 0 Å². The summed E-state index contributed by atoms with van der Waals surface area (Å²) in [4.78, 5) is 11.4. The molecule has 6 heteroatoms. The Hall–Kier alpha value is -0.690. The molecule has 174 valence electrons. The summed E-state index contributed by atoms with van der Waals surface area (Å²) in [6.45, 7) is 9.71. The number of unbranched alkanes of at least 4 members (excludes halogenated alkanes) is 7. The van der Waals surface area contributed by atoms with Gasteiger partial charge in [0.05, 0.1) is 46.2 Å². The molecular formula is C23H46O6. The topological polar surface area (TPSA) is 63.2 Å². The first-order valence-corrected chi connectivity index (χ1v) is 11.8. The third-order valence-corrected chi connectivity index (χ3v) is 4.44. The smallest absolute Gasteiger partial charge is 0.305 e. The number of carbonyl (C=O) groups is 1. The molecule has 0 fully saturated rings. The van der Waals surface area contributed by atoms with E-state index in [1.807, 2.05) is 0 Å². The van der Waals surface area contributed by atoms with Gasteiger partial charge in [-0.2, -0.15) is 0 Å². The highest BCUT2D eigenvalue weighted by Crippen LogP contribution is 2.06. The van der Waals surface area contributed by atoms with Crippen LogP contribution in [0, 0.1) is 0 Å². The van der Waals surface area contributed by atoms with E-state index < -0.39 is 0 Å². The third-order valence-electron chi connectivity index (χ3n) is 4.44. The Labute approximate surface area is 178 Å². The summed E-state index contributed by atoms with van der Waals surface area (Å²) in [5.74, 6) is -0.137. The zero-order valence-electron chi connectivity index (χ0n) is 19.1. The van der Waals surface area contributed by atoms with E-state index in [0.717, 1.165) is 25.9 Å². The summed E-state index contributed by atoms with van der Waals surface area (Å²) in [6.07, 6.45) is 12.2. The van der Waals surface area contributed by atoms with Crippen LogP contribution in [0.25, 0.3) is 0 Å². The number of carbonyl (C=O) groups excluding carboxylic acids is 1. The van der Waals surface area contributed by atoms with Gasteiger partial charge in [-0.3, -0.25) is 4.79 Å². The summed E-state index contributed by atoms with van der Waals surface area (Å²) in [6, 6.07) is 0. The normalized spacial score (nSPS) is 11.1. The Morgan fingerprint density at radius 2 is 0.931 bits per heavy atom. The molecule has 0 bridgehead atoms. The van der Waals surface area contributed by atoms with Crippen molar-refractivity contribution >= 4 is 5.97 Å². The van der Waals surface area contributed by atoms with Crippen molar-refractivity contribution in [1.29, 1.82) is 0 Å². The quantitative estimate of drug-likeness (QED) is 0.164. The van der Waals surface area contributed by atoms with E-state index in [1.54, 1.807) is 0 Å². The maximum atomic E-state index is 11.4. The molecule has 0 aromatic rings. The van der Waals surface area contributed by atoms with Gasteiger partial charge in [-0.15, -0.1) is 0 Å². The van der Waals surface area contributed by atoms with Crippen molar-refractivity contribution in [3.8, 4) is 0 Å². The number of esters is 1. The fraction of sp³-hybridized carbons (Fsp3) is 0.957. The van der Waals surface area contributed by atoms with Gasteiger partial charge in [0.2, 0.25) is 0 Å². The molecule has 0 saturated carbocycles. The van der Waals surface area contributed by atoms with Crippen molar-refractivity contribution in [2.24, 2.45) is 0 Å². The second-order valence-corrected chi connectivity index (χ2v) is 7.25. The minimum Gasteiger partial charge on any atom is -0.466 e. The Kier molecular flexibility index (Phi) is 24.7. The van der Waals surface area contributed by atoms with E-state index >= 15 is 0 Å². The lowest BCUT2D eigenvalue weighted by Crippen LogP contribution is -2.12. The number of hydrogen-bond donors (Lipinski definition) is 0. The fourth-order valence-corrected chi connectivity index (χ4v) is 2.64. The molecule has 0 aliphatic rings. The molecule has 0 radical (unpaired) electrons. The maximum Gasteiger partial charge on any atom is 0.305 e. The van der Waals surface area contributed by atoms with Crippen LogP contribution in [0.3, 0.4) is 0 Å². The molecule has 0 aliphatic heterocycles. The molecule has 0 spiro atoms. The predicted octanol–water partition coefficient (Wildman–Crippen LogP) is 4.93. The van der Waals surface area contributed by atoms with E-state index in [9.17, 15) is 4.79 Å². The average molecular weight is 419 g/mol.